The monoisotopic (exact) mass is 1380 g/mol. The molecule has 102 heavy (non-hydrogen) atoms. The van der Waals surface area contributed by atoms with E-state index < -0.39 is 47.8 Å². The molecule has 0 spiro atoms. The van der Waals surface area contributed by atoms with Crippen LogP contribution in [0.5, 0.6) is 0 Å². The van der Waals surface area contributed by atoms with Crippen LogP contribution in [0.25, 0.3) is 108 Å². The lowest BCUT2D eigenvalue weighted by atomic mass is 9.80. The summed E-state index contributed by atoms with van der Waals surface area (Å²) < 4.78 is 47.8. The van der Waals surface area contributed by atoms with Gasteiger partial charge in [0.1, 0.15) is 0 Å². The number of ether oxygens (including phenoxy) is 8. The van der Waals surface area contributed by atoms with Crippen LogP contribution in [0.3, 0.4) is 0 Å². The van der Waals surface area contributed by atoms with E-state index >= 15 is 9.59 Å². The molecule has 0 aliphatic carbocycles. The molecule has 16 heteroatoms. The molecule has 0 unspecified atom stereocenters. The Morgan fingerprint density at radius 2 is 0.392 bits per heavy atom. The van der Waals surface area contributed by atoms with Crippen LogP contribution in [0.2, 0.25) is 0 Å². The first-order valence-electron chi connectivity index (χ1n) is 36.7. The van der Waals surface area contributed by atoms with Gasteiger partial charge < -0.3 is 37.9 Å². The highest BCUT2D eigenvalue weighted by Crippen LogP contribution is 2.51. The molecule has 16 nitrogen and oxygen atoms in total. The predicted molar refractivity (Wildman–Crippen MR) is 401 cm³/mol. The van der Waals surface area contributed by atoms with Crippen molar-refractivity contribution >= 4 is 134 Å². The largest absolute Gasteiger partial charge is 0.462 e. The van der Waals surface area contributed by atoms with E-state index in [2.05, 4.69) is 0 Å². The minimum absolute atomic E-state index is 0.105. The van der Waals surface area contributed by atoms with Gasteiger partial charge in [-0.25, -0.2) is 38.4 Å². The molecule has 0 aromatic heterocycles. The number of hydrogen-bond donors (Lipinski definition) is 0. The highest BCUT2D eigenvalue weighted by atomic mass is 16.6. The SMILES string of the molecule is CCCCOC(=O)c1ccc2c3ccc(C(=O)OCCCC)c4c(C(=O)OCCCC)cc(-c5ccc(-c6cc(C(=O)OCCCC)c7c(C(=O)OCCCC)ccc8c9ccc(C(=O)OCCCC)c%10c(C(=O)OCCCC)ccc(c6c78)c%109)cc5)c(c5ccc(C(=O)OCCCC)c1c25)c43. The van der Waals surface area contributed by atoms with Crippen LogP contribution >= 0.6 is 0 Å². The van der Waals surface area contributed by atoms with Crippen molar-refractivity contribution in [2.24, 2.45) is 0 Å². The maximum Gasteiger partial charge on any atom is 0.338 e. The molecule has 11 rings (SSSR count). The van der Waals surface area contributed by atoms with Crippen LogP contribution in [0.4, 0.5) is 0 Å². The normalized spacial score (nSPS) is 11.6. The summed E-state index contributed by atoms with van der Waals surface area (Å²) in [6.07, 6.45) is 11.0. The first kappa shape index (κ1) is 73.0. The zero-order chi connectivity index (χ0) is 72.1. The Bertz CT molecular complexity index is 4610. The lowest BCUT2D eigenvalue weighted by Crippen LogP contribution is -2.13. The Hall–Kier alpha value is -10.2. The number of benzene rings is 11. The second kappa shape index (κ2) is 33.5. The van der Waals surface area contributed by atoms with E-state index in [4.69, 9.17) is 37.9 Å². The minimum Gasteiger partial charge on any atom is -0.462 e. The summed E-state index contributed by atoms with van der Waals surface area (Å²) in [4.78, 5) is 118. The van der Waals surface area contributed by atoms with Gasteiger partial charge in [0.05, 0.1) is 97.4 Å². The van der Waals surface area contributed by atoms with Gasteiger partial charge in [-0.05, 0) is 187 Å². The number of rotatable bonds is 34. The van der Waals surface area contributed by atoms with Crippen LogP contribution < -0.4 is 0 Å². The van der Waals surface area contributed by atoms with Crippen LogP contribution in [-0.2, 0) is 37.9 Å². The number of carbonyl (C=O) groups is 8. The van der Waals surface area contributed by atoms with Crippen molar-refractivity contribution in [3.63, 3.8) is 0 Å². The molecule has 0 atom stereocenters. The van der Waals surface area contributed by atoms with E-state index in [1.165, 1.54) is 0 Å². The second-order valence-corrected chi connectivity index (χ2v) is 26.2. The molecule has 11 aromatic rings. The maximum absolute atomic E-state index is 15.1. The van der Waals surface area contributed by atoms with Gasteiger partial charge in [-0.2, -0.15) is 0 Å². The van der Waals surface area contributed by atoms with Gasteiger partial charge >= 0.3 is 47.8 Å². The molecule has 0 saturated carbocycles. The third-order valence-corrected chi connectivity index (χ3v) is 19.1. The standard InChI is InChI=1S/C86H90O16/c1-9-17-41-95-79(87)59-35-29-53-55-31-37-63(83(91)99-45-21-13-5)75-67(85(93)101-47-23-15-7)49-65(71(77(55)75)57-33-39-61(73(59)69(53)57)81(89)97-43-19-11-3)51-25-27-52(28-26-51)66-50-68(86(94)102-48-24-16-8)76-64(84(92)100-46-22-14-6)38-32-56-54-30-36-60(80(88)96-42-18-10-2)74-62(82(90)98-44-20-12-4)40-34-58(70(54)74)72(66)78(56)76/h25-40,49-50H,9-24,41-48H2,1-8H3. The van der Waals surface area contributed by atoms with Crippen molar-refractivity contribution in [1.82, 2.24) is 0 Å². The molecule has 0 aliphatic heterocycles. The molecule has 0 saturated heterocycles. The van der Waals surface area contributed by atoms with Crippen LogP contribution in [0.1, 0.15) is 241 Å². The summed E-state index contributed by atoms with van der Waals surface area (Å²) in [5.41, 5.74) is 3.38. The van der Waals surface area contributed by atoms with E-state index in [0.29, 0.717) is 160 Å². The van der Waals surface area contributed by atoms with Crippen LogP contribution in [-0.4, -0.2) is 101 Å². The Morgan fingerprint density at radius 3 is 0.608 bits per heavy atom. The summed E-state index contributed by atoms with van der Waals surface area (Å²) in [5, 5.41) is 8.21. The Morgan fingerprint density at radius 1 is 0.206 bits per heavy atom. The van der Waals surface area contributed by atoms with Crippen molar-refractivity contribution in [3.8, 4) is 22.3 Å². The first-order chi connectivity index (χ1) is 49.7. The topological polar surface area (TPSA) is 210 Å². The van der Waals surface area contributed by atoms with Crippen molar-refractivity contribution in [2.75, 3.05) is 52.9 Å². The van der Waals surface area contributed by atoms with E-state index in [1.807, 2.05) is 116 Å². The summed E-state index contributed by atoms with van der Waals surface area (Å²) in [5.74, 6) is -5.07. The zero-order valence-electron chi connectivity index (χ0n) is 59.9. The molecule has 0 aliphatic rings. The summed E-state index contributed by atoms with van der Waals surface area (Å²) in [6.45, 7) is 17.1. The molecule has 11 aromatic carbocycles. The van der Waals surface area contributed by atoms with Crippen molar-refractivity contribution in [3.05, 3.63) is 154 Å². The van der Waals surface area contributed by atoms with Gasteiger partial charge in [-0.3, -0.25) is 0 Å². The van der Waals surface area contributed by atoms with E-state index in [1.54, 1.807) is 48.5 Å². The molecule has 530 valence electrons. The zero-order valence-corrected chi connectivity index (χ0v) is 59.9. The lowest BCUT2D eigenvalue weighted by molar-refractivity contribution is 0.0485. The fourth-order valence-corrected chi connectivity index (χ4v) is 13.7. The summed E-state index contributed by atoms with van der Waals surface area (Å²) >= 11 is 0. The maximum atomic E-state index is 15.1. The predicted octanol–water partition coefficient (Wildman–Crippen LogP) is 20.8. The number of hydrogen-bond acceptors (Lipinski definition) is 16. The van der Waals surface area contributed by atoms with E-state index in [9.17, 15) is 28.8 Å². The van der Waals surface area contributed by atoms with Gasteiger partial charge in [-0.15, -0.1) is 0 Å². The smallest absolute Gasteiger partial charge is 0.338 e. The molecule has 0 radical (unpaired) electrons. The van der Waals surface area contributed by atoms with Crippen molar-refractivity contribution in [2.45, 2.75) is 158 Å². The Kier molecular flexibility index (Phi) is 24.0. The molecular weight excluding hydrogens is 1290 g/mol. The van der Waals surface area contributed by atoms with Crippen molar-refractivity contribution in [1.29, 1.82) is 0 Å². The minimum atomic E-state index is -0.666. The van der Waals surface area contributed by atoms with Gasteiger partial charge in [0.15, 0.2) is 0 Å². The third kappa shape index (κ3) is 14.4. The molecule has 0 heterocycles. The highest BCUT2D eigenvalue weighted by Gasteiger charge is 2.33. The fourth-order valence-electron chi connectivity index (χ4n) is 13.7. The Balaban J connectivity index is 1.26. The van der Waals surface area contributed by atoms with Crippen LogP contribution in [0.15, 0.2) is 109 Å². The van der Waals surface area contributed by atoms with E-state index in [0.717, 1.165) is 51.4 Å². The van der Waals surface area contributed by atoms with Crippen LogP contribution in [0, 0.1) is 0 Å². The molecule has 0 N–H and O–H groups in total. The fraction of sp³-hybridized carbons (Fsp3) is 0.372. The van der Waals surface area contributed by atoms with Crippen molar-refractivity contribution < 1.29 is 76.3 Å². The first-order valence-corrected chi connectivity index (χ1v) is 36.7. The number of fused-ring (bicyclic) bond motifs is 4. The summed E-state index contributed by atoms with van der Waals surface area (Å²) in [6, 6.07) is 32.0. The molecule has 0 amide bonds. The van der Waals surface area contributed by atoms with Gasteiger partial charge in [0.2, 0.25) is 0 Å². The third-order valence-electron chi connectivity index (χ3n) is 19.1. The second-order valence-electron chi connectivity index (χ2n) is 26.2. The number of carbonyl (C=O) groups excluding carboxylic acids is 8. The average molecular weight is 1380 g/mol. The van der Waals surface area contributed by atoms with Gasteiger partial charge in [0.25, 0.3) is 0 Å². The van der Waals surface area contributed by atoms with Gasteiger partial charge in [0, 0.05) is 21.5 Å². The number of esters is 8. The highest BCUT2D eigenvalue weighted by molar-refractivity contribution is 6.42. The lowest BCUT2D eigenvalue weighted by Gasteiger charge is -2.23. The Labute approximate surface area is 594 Å². The quantitative estimate of drug-likeness (QED) is 0.0121. The molecule has 0 bridgehead atoms. The molecule has 0 fully saturated rings. The van der Waals surface area contributed by atoms with E-state index in [-0.39, 0.29) is 97.4 Å². The van der Waals surface area contributed by atoms with Gasteiger partial charge in [-0.1, -0.05) is 167 Å². The molecular formula is C86H90O16. The average Bonchev–Trinajstić information content (AvgIpc) is 0.700. The summed E-state index contributed by atoms with van der Waals surface area (Å²) in [7, 11) is 0. The number of unbranched alkanes of at least 4 members (excludes halogenated alkanes) is 8.